The molecular formula is C13H16BrNO2. The quantitative estimate of drug-likeness (QED) is 0.840. The molecule has 1 heterocycles. The monoisotopic (exact) mass is 297 g/mol. The smallest absolute Gasteiger partial charge is 0.253 e. The van der Waals surface area contributed by atoms with Crippen LogP contribution in [0.4, 0.5) is 0 Å². The lowest BCUT2D eigenvalue weighted by Gasteiger charge is -2.31. The summed E-state index contributed by atoms with van der Waals surface area (Å²) in [6, 6.07) is 7.82. The number of carbonyl (C=O) groups is 1. The van der Waals surface area contributed by atoms with E-state index in [9.17, 15) is 4.79 Å². The van der Waals surface area contributed by atoms with Crippen molar-refractivity contribution in [2.24, 2.45) is 0 Å². The van der Waals surface area contributed by atoms with Gasteiger partial charge in [0, 0.05) is 36.3 Å². The van der Waals surface area contributed by atoms with Crippen LogP contribution in [0, 0.1) is 0 Å². The van der Waals surface area contributed by atoms with Gasteiger partial charge in [-0.15, -0.1) is 0 Å². The first kappa shape index (κ1) is 12.6. The topological polar surface area (TPSA) is 29.5 Å². The van der Waals surface area contributed by atoms with Crippen molar-refractivity contribution in [3.8, 4) is 0 Å². The summed E-state index contributed by atoms with van der Waals surface area (Å²) < 4.78 is 6.24. The van der Waals surface area contributed by atoms with Crippen LogP contribution in [0.15, 0.2) is 28.7 Å². The van der Waals surface area contributed by atoms with Gasteiger partial charge in [0.1, 0.15) is 0 Å². The highest BCUT2D eigenvalue weighted by atomic mass is 79.9. The van der Waals surface area contributed by atoms with Crippen LogP contribution in [-0.2, 0) is 4.74 Å². The third-order valence-corrected chi connectivity index (χ3v) is 3.62. The number of nitrogens with zero attached hydrogens (tertiary/aromatic N) is 1. The summed E-state index contributed by atoms with van der Waals surface area (Å²) in [5.41, 5.74) is 0.730. The second-order valence-electron chi connectivity index (χ2n) is 4.27. The molecule has 0 radical (unpaired) electrons. The van der Waals surface area contributed by atoms with Crippen molar-refractivity contribution in [2.75, 3.05) is 20.3 Å². The van der Waals surface area contributed by atoms with Gasteiger partial charge in [-0.05, 0) is 31.0 Å². The maximum Gasteiger partial charge on any atom is 0.253 e. The van der Waals surface area contributed by atoms with E-state index in [2.05, 4.69) is 15.9 Å². The molecule has 0 N–H and O–H groups in total. The number of carbonyl (C=O) groups excluding carboxylic acids is 1. The van der Waals surface area contributed by atoms with E-state index in [0.717, 1.165) is 36.1 Å². The van der Waals surface area contributed by atoms with Gasteiger partial charge in [-0.1, -0.05) is 22.0 Å². The number of hydrogen-bond donors (Lipinski definition) is 0. The summed E-state index contributed by atoms with van der Waals surface area (Å²) in [4.78, 5) is 14.1. The maximum atomic E-state index is 12.3. The van der Waals surface area contributed by atoms with Crippen LogP contribution in [0.2, 0.25) is 0 Å². The SMILES string of the molecule is CN(C(=O)c1cccc(Br)c1)C1CCOCC1. The number of ether oxygens (including phenoxy) is 1. The molecule has 0 spiro atoms. The van der Waals surface area contributed by atoms with Crippen molar-refractivity contribution in [2.45, 2.75) is 18.9 Å². The fourth-order valence-corrected chi connectivity index (χ4v) is 2.46. The minimum Gasteiger partial charge on any atom is -0.381 e. The van der Waals surface area contributed by atoms with Gasteiger partial charge in [-0.25, -0.2) is 0 Å². The fourth-order valence-electron chi connectivity index (χ4n) is 2.06. The molecule has 0 saturated carbocycles. The fraction of sp³-hybridized carbons (Fsp3) is 0.462. The molecule has 0 atom stereocenters. The Hall–Kier alpha value is -0.870. The number of hydrogen-bond acceptors (Lipinski definition) is 2. The summed E-state index contributed by atoms with van der Waals surface area (Å²) in [5.74, 6) is 0.0817. The van der Waals surface area contributed by atoms with Crippen molar-refractivity contribution >= 4 is 21.8 Å². The van der Waals surface area contributed by atoms with Gasteiger partial charge >= 0.3 is 0 Å². The van der Waals surface area contributed by atoms with E-state index in [1.54, 1.807) is 0 Å². The minimum absolute atomic E-state index is 0.0817. The van der Waals surface area contributed by atoms with Crippen molar-refractivity contribution in [1.82, 2.24) is 4.90 Å². The standard InChI is InChI=1S/C13H16BrNO2/c1-15(12-5-7-17-8-6-12)13(16)10-3-2-4-11(14)9-10/h2-4,9,12H,5-8H2,1H3. The van der Waals surface area contributed by atoms with Gasteiger partial charge in [-0.3, -0.25) is 4.79 Å². The molecule has 3 nitrogen and oxygen atoms in total. The second kappa shape index (κ2) is 5.65. The Morgan fingerprint density at radius 3 is 2.76 bits per heavy atom. The predicted octanol–water partition coefficient (Wildman–Crippen LogP) is 2.70. The number of halogens is 1. The zero-order chi connectivity index (χ0) is 12.3. The van der Waals surface area contributed by atoms with Crippen LogP contribution in [0.1, 0.15) is 23.2 Å². The zero-order valence-corrected chi connectivity index (χ0v) is 11.4. The molecule has 1 aliphatic heterocycles. The largest absolute Gasteiger partial charge is 0.381 e. The first-order chi connectivity index (χ1) is 8.18. The van der Waals surface area contributed by atoms with Crippen LogP contribution in [0.25, 0.3) is 0 Å². The Morgan fingerprint density at radius 1 is 1.41 bits per heavy atom. The summed E-state index contributed by atoms with van der Waals surface area (Å²) in [5, 5.41) is 0. The van der Waals surface area contributed by atoms with Crippen molar-refractivity contribution in [3.05, 3.63) is 34.3 Å². The van der Waals surface area contributed by atoms with Gasteiger partial charge in [0.2, 0.25) is 0 Å². The molecule has 0 aromatic heterocycles. The number of benzene rings is 1. The molecule has 0 bridgehead atoms. The Bertz CT molecular complexity index is 402. The molecule has 0 aliphatic carbocycles. The molecule has 4 heteroatoms. The van der Waals surface area contributed by atoms with Gasteiger partial charge in [0.05, 0.1) is 0 Å². The van der Waals surface area contributed by atoms with Crippen LogP contribution < -0.4 is 0 Å². The van der Waals surface area contributed by atoms with E-state index in [0.29, 0.717) is 6.04 Å². The highest BCUT2D eigenvalue weighted by molar-refractivity contribution is 9.10. The Kier molecular flexibility index (Phi) is 4.18. The van der Waals surface area contributed by atoms with Gasteiger partial charge < -0.3 is 9.64 Å². The third-order valence-electron chi connectivity index (χ3n) is 3.13. The van der Waals surface area contributed by atoms with E-state index in [-0.39, 0.29) is 5.91 Å². The normalized spacial score (nSPS) is 16.8. The Balaban J connectivity index is 2.08. The average Bonchev–Trinajstić information content (AvgIpc) is 2.38. The third kappa shape index (κ3) is 3.07. The molecule has 1 aliphatic rings. The predicted molar refractivity (Wildman–Crippen MR) is 70.1 cm³/mol. The summed E-state index contributed by atoms with van der Waals surface area (Å²) in [7, 11) is 1.87. The van der Waals surface area contributed by atoms with Gasteiger partial charge in [-0.2, -0.15) is 0 Å². The number of rotatable bonds is 2. The molecule has 1 saturated heterocycles. The molecule has 1 amide bonds. The van der Waals surface area contributed by atoms with Crippen LogP contribution in [0.5, 0.6) is 0 Å². The molecule has 0 unspecified atom stereocenters. The molecule has 2 rings (SSSR count). The minimum atomic E-state index is 0.0817. The average molecular weight is 298 g/mol. The first-order valence-corrected chi connectivity index (χ1v) is 6.58. The van der Waals surface area contributed by atoms with E-state index in [1.807, 2.05) is 36.2 Å². The highest BCUT2D eigenvalue weighted by Gasteiger charge is 2.23. The molecule has 1 aromatic rings. The van der Waals surface area contributed by atoms with E-state index >= 15 is 0 Å². The van der Waals surface area contributed by atoms with E-state index in [4.69, 9.17) is 4.74 Å². The maximum absolute atomic E-state index is 12.3. The lowest BCUT2D eigenvalue weighted by Crippen LogP contribution is -2.40. The molecule has 1 fully saturated rings. The van der Waals surface area contributed by atoms with Gasteiger partial charge in [0.15, 0.2) is 0 Å². The van der Waals surface area contributed by atoms with Crippen LogP contribution in [0.3, 0.4) is 0 Å². The van der Waals surface area contributed by atoms with Crippen LogP contribution >= 0.6 is 15.9 Å². The zero-order valence-electron chi connectivity index (χ0n) is 9.86. The molecule has 92 valence electrons. The molecular weight excluding hydrogens is 282 g/mol. The van der Waals surface area contributed by atoms with E-state index < -0.39 is 0 Å². The lowest BCUT2D eigenvalue weighted by atomic mass is 10.1. The number of amides is 1. The second-order valence-corrected chi connectivity index (χ2v) is 5.19. The van der Waals surface area contributed by atoms with E-state index in [1.165, 1.54) is 0 Å². The lowest BCUT2D eigenvalue weighted by molar-refractivity contribution is 0.0362. The summed E-state index contributed by atoms with van der Waals surface area (Å²) >= 11 is 3.38. The molecule has 1 aromatic carbocycles. The summed E-state index contributed by atoms with van der Waals surface area (Å²) in [6.07, 6.45) is 1.85. The Labute approximate surface area is 110 Å². The van der Waals surface area contributed by atoms with Gasteiger partial charge in [0.25, 0.3) is 5.91 Å². The van der Waals surface area contributed by atoms with Crippen molar-refractivity contribution < 1.29 is 9.53 Å². The van der Waals surface area contributed by atoms with Crippen molar-refractivity contribution in [3.63, 3.8) is 0 Å². The van der Waals surface area contributed by atoms with Crippen molar-refractivity contribution in [1.29, 1.82) is 0 Å². The molecule has 17 heavy (non-hydrogen) atoms. The highest BCUT2D eigenvalue weighted by Crippen LogP contribution is 2.18. The first-order valence-electron chi connectivity index (χ1n) is 5.79. The Morgan fingerprint density at radius 2 is 2.12 bits per heavy atom. The summed E-state index contributed by atoms with van der Waals surface area (Å²) in [6.45, 7) is 1.50. The van der Waals surface area contributed by atoms with Crippen LogP contribution in [-0.4, -0.2) is 37.1 Å².